The number of hydrogen-bond acceptors (Lipinski definition) is 3. The van der Waals surface area contributed by atoms with Crippen molar-refractivity contribution >= 4 is 6.03 Å². The van der Waals surface area contributed by atoms with E-state index in [9.17, 15) is 9.90 Å². The Morgan fingerprint density at radius 3 is 2.74 bits per heavy atom. The number of aliphatic hydroxyl groups excluding tert-OH is 1. The van der Waals surface area contributed by atoms with Crippen LogP contribution in [0.1, 0.15) is 52.9 Å². The fourth-order valence-electron chi connectivity index (χ4n) is 2.59. The van der Waals surface area contributed by atoms with Gasteiger partial charge in [-0.3, -0.25) is 0 Å². The quantitative estimate of drug-likeness (QED) is 0.662. The molecule has 1 heterocycles. The van der Waals surface area contributed by atoms with Crippen molar-refractivity contribution in [2.45, 2.75) is 70.6 Å². The van der Waals surface area contributed by atoms with E-state index in [-0.39, 0.29) is 24.8 Å². The van der Waals surface area contributed by atoms with Gasteiger partial charge < -0.3 is 20.5 Å². The van der Waals surface area contributed by atoms with Gasteiger partial charge >= 0.3 is 6.03 Å². The van der Waals surface area contributed by atoms with E-state index in [0.717, 1.165) is 38.7 Å². The zero-order valence-electron chi connectivity index (χ0n) is 12.4. The van der Waals surface area contributed by atoms with Crippen LogP contribution in [0.3, 0.4) is 0 Å². The number of carbonyl (C=O) groups is 1. The van der Waals surface area contributed by atoms with Gasteiger partial charge in [0.2, 0.25) is 0 Å². The monoisotopic (exact) mass is 272 g/mol. The third-order valence-corrected chi connectivity index (χ3v) is 3.74. The molecule has 0 radical (unpaired) electrons. The molecule has 1 rings (SSSR count). The summed E-state index contributed by atoms with van der Waals surface area (Å²) in [6.07, 6.45) is 4.72. The highest BCUT2D eigenvalue weighted by molar-refractivity contribution is 5.75. The first-order valence-electron chi connectivity index (χ1n) is 7.35. The molecule has 0 aromatic rings. The summed E-state index contributed by atoms with van der Waals surface area (Å²) in [6.45, 7) is 6.68. The minimum atomic E-state index is -0.548. The van der Waals surface area contributed by atoms with Crippen LogP contribution in [0.15, 0.2) is 0 Å². The summed E-state index contributed by atoms with van der Waals surface area (Å²) in [5.41, 5.74) is -0.548. The molecule has 19 heavy (non-hydrogen) atoms. The van der Waals surface area contributed by atoms with Gasteiger partial charge in [0.15, 0.2) is 0 Å². The van der Waals surface area contributed by atoms with Gasteiger partial charge in [-0.1, -0.05) is 20.3 Å². The molecule has 0 spiro atoms. The van der Waals surface area contributed by atoms with Crippen molar-refractivity contribution in [3.63, 3.8) is 0 Å². The highest BCUT2D eigenvalue weighted by atomic mass is 16.5. The van der Waals surface area contributed by atoms with Crippen molar-refractivity contribution in [2.24, 2.45) is 0 Å². The molecule has 1 fully saturated rings. The Balaban J connectivity index is 2.47. The number of ether oxygens (including phenoxy) is 1. The molecule has 0 aromatic heterocycles. The molecule has 1 aliphatic heterocycles. The Labute approximate surface area is 116 Å². The highest BCUT2D eigenvalue weighted by Gasteiger charge is 2.29. The second-order valence-corrected chi connectivity index (χ2v) is 5.63. The SMILES string of the molecule is CCCC(C)(CO)NC(=O)NC(CC)C1CCCO1. The molecular weight excluding hydrogens is 244 g/mol. The zero-order valence-corrected chi connectivity index (χ0v) is 12.4. The number of aliphatic hydroxyl groups is 1. The molecule has 0 bridgehead atoms. The lowest BCUT2D eigenvalue weighted by Gasteiger charge is -2.30. The summed E-state index contributed by atoms with van der Waals surface area (Å²) in [5.74, 6) is 0. The first-order chi connectivity index (χ1) is 9.04. The summed E-state index contributed by atoms with van der Waals surface area (Å²) in [4.78, 5) is 12.0. The van der Waals surface area contributed by atoms with Crippen LogP contribution < -0.4 is 10.6 Å². The molecule has 3 unspecified atom stereocenters. The van der Waals surface area contributed by atoms with E-state index in [1.54, 1.807) is 0 Å². The Hall–Kier alpha value is -0.810. The van der Waals surface area contributed by atoms with Gasteiger partial charge in [-0.15, -0.1) is 0 Å². The minimum absolute atomic E-state index is 0.0482. The summed E-state index contributed by atoms with van der Waals surface area (Å²) >= 11 is 0. The molecule has 5 nitrogen and oxygen atoms in total. The zero-order chi connectivity index (χ0) is 14.3. The van der Waals surface area contributed by atoms with Gasteiger partial charge in [-0.2, -0.15) is 0 Å². The Morgan fingerprint density at radius 2 is 2.26 bits per heavy atom. The molecule has 2 amide bonds. The van der Waals surface area contributed by atoms with Crippen molar-refractivity contribution < 1.29 is 14.6 Å². The lowest BCUT2D eigenvalue weighted by atomic mass is 9.97. The normalized spacial score (nSPS) is 23.7. The Kier molecular flexibility index (Phi) is 6.58. The lowest BCUT2D eigenvalue weighted by molar-refractivity contribution is 0.0783. The minimum Gasteiger partial charge on any atom is -0.394 e. The summed E-state index contributed by atoms with van der Waals surface area (Å²) < 4.78 is 5.62. The van der Waals surface area contributed by atoms with Gasteiger partial charge in [0, 0.05) is 6.61 Å². The second kappa shape index (κ2) is 7.70. The fraction of sp³-hybridized carbons (Fsp3) is 0.929. The van der Waals surface area contributed by atoms with E-state index in [1.807, 2.05) is 20.8 Å². The van der Waals surface area contributed by atoms with E-state index in [2.05, 4.69) is 10.6 Å². The summed E-state index contributed by atoms with van der Waals surface area (Å²) in [7, 11) is 0. The molecule has 0 aliphatic carbocycles. The van der Waals surface area contributed by atoms with Crippen molar-refractivity contribution in [1.82, 2.24) is 10.6 Å². The molecule has 3 N–H and O–H groups in total. The van der Waals surface area contributed by atoms with E-state index in [1.165, 1.54) is 0 Å². The largest absolute Gasteiger partial charge is 0.394 e. The van der Waals surface area contributed by atoms with Crippen LogP contribution >= 0.6 is 0 Å². The summed E-state index contributed by atoms with van der Waals surface area (Å²) in [5, 5.41) is 15.2. The van der Waals surface area contributed by atoms with Crippen LogP contribution in [0.25, 0.3) is 0 Å². The van der Waals surface area contributed by atoms with E-state index >= 15 is 0 Å². The number of nitrogens with one attached hydrogen (secondary N) is 2. The first kappa shape index (κ1) is 16.2. The molecule has 1 saturated heterocycles. The average molecular weight is 272 g/mol. The Bertz CT molecular complexity index is 280. The van der Waals surface area contributed by atoms with E-state index in [4.69, 9.17) is 4.74 Å². The molecule has 1 aliphatic rings. The number of rotatable bonds is 7. The fourth-order valence-corrected chi connectivity index (χ4v) is 2.59. The number of amides is 2. The van der Waals surface area contributed by atoms with Crippen LogP contribution in [0, 0.1) is 0 Å². The third-order valence-electron chi connectivity index (χ3n) is 3.74. The predicted molar refractivity (Wildman–Crippen MR) is 75.1 cm³/mol. The molecule has 5 heteroatoms. The van der Waals surface area contributed by atoms with Gasteiger partial charge in [-0.05, 0) is 32.6 Å². The smallest absolute Gasteiger partial charge is 0.315 e. The molecule has 112 valence electrons. The first-order valence-corrected chi connectivity index (χ1v) is 7.35. The van der Waals surface area contributed by atoms with Gasteiger partial charge in [0.1, 0.15) is 0 Å². The molecule has 3 atom stereocenters. The topological polar surface area (TPSA) is 70.6 Å². The predicted octanol–water partition coefficient (Wildman–Crippen LogP) is 1.79. The standard InChI is InChI=1S/C14H28N2O3/c1-4-8-14(3,10-17)16-13(18)15-11(5-2)12-7-6-9-19-12/h11-12,17H,4-10H2,1-3H3,(H2,15,16,18). The maximum absolute atomic E-state index is 12.0. The van der Waals surface area contributed by atoms with Gasteiger partial charge in [-0.25, -0.2) is 4.79 Å². The molecular formula is C14H28N2O3. The lowest BCUT2D eigenvalue weighted by Crippen LogP contribution is -2.56. The van der Waals surface area contributed by atoms with Crippen LogP contribution in [0.5, 0.6) is 0 Å². The third kappa shape index (κ3) is 4.99. The van der Waals surface area contributed by atoms with Crippen molar-refractivity contribution in [2.75, 3.05) is 13.2 Å². The maximum Gasteiger partial charge on any atom is 0.315 e. The van der Waals surface area contributed by atoms with Gasteiger partial charge in [0.05, 0.1) is 24.3 Å². The van der Waals surface area contributed by atoms with Crippen molar-refractivity contribution in [1.29, 1.82) is 0 Å². The van der Waals surface area contributed by atoms with Crippen LogP contribution in [0.4, 0.5) is 4.79 Å². The summed E-state index contributed by atoms with van der Waals surface area (Å²) in [6, 6.07) is -0.167. The van der Waals surface area contributed by atoms with E-state index < -0.39 is 5.54 Å². The van der Waals surface area contributed by atoms with Crippen molar-refractivity contribution in [3.8, 4) is 0 Å². The molecule has 0 saturated carbocycles. The van der Waals surface area contributed by atoms with Gasteiger partial charge in [0.25, 0.3) is 0 Å². The Morgan fingerprint density at radius 1 is 1.53 bits per heavy atom. The second-order valence-electron chi connectivity index (χ2n) is 5.63. The van der Waals surface area contributed by atoms with Crippen LogP contribution in [0.2, 0.25) is 0 Å². The van der Waals surface area contributed by atoms with Crippen LogP contribution in [-0.2, 0) is 4.74 Å². The number of carbonyl (C=O) groups excluding carboxylic acids is 1. The number of hydrogen-bond donors (Lipinski definition) is 3. The van der Waals surface area contributed by atoms with E-state index in [0.29, 0.717) is 0 Å². The van der Waals surface area contributed by atoms with Crippen molar-refractivity contribution in [3.05, 3.63) is 0 Å². The number of urea groups is 1. The van der Waals surface area contributed by atoms with Crippen LogP contribution in [-0.4, -0.2) is 42.0 Å². The maximum atomic E-state index is 12.0. The molecule has 0 aromatic carbocycles. The highest BCUT2D eigenvalue weighted by Crippen LogP contribution is 2.18. The average Bonchev–Trinajstić information content (AvgIpc) is 2.90.